The Morgan fingerprint density at radius 1 is 1.24 bits per heavy atom. The summed E-state index contributed by atoms with van der Waals surface area (Å²) in [6, 6.07) is 0.729. The van der Waals surface area contributed by atoms with Crippen molar-refractivity contribution in [1.82, 2.24) is 0 Å². The maximum Gasteiger partial charge on any atom is 0.332 e. The maximum atomic E-state index is 11.3. The highest BCUT2D eigenvalue weighted by Crippen LogP contribution is 2.20. The number of carbonyl (C=O) groups is 1. The zero-order valence-electron chi connectivity index (χ0n) is 10.7. The molecule has 4 nitrogen and oxygen atoms in total. The van der Waals surface area contributed by atoms with Crippen molar-refractivity contribution in [3.63, 3.8) is 0 Å². The number of nitrogens with one attached hydrogen (secondary N) is 1. The van der Waals surface area contributed by atoms with E-state index < -0.39 is 0 Å². The SMILES string of the molecule is COCC(=O)OC[C@@H]1CCC[NH+]2CCCC[C@H]12. The van der Waals surface area contributed by atoms with Gasteiger partial charge in [-0.15, -0.1) is 0 Å². The highest BCUT2D eigenvalue weighted by atomic mass is 16.6. The molecule has 1 unspecified atom stereocenters. The largest absolute Gasteiger partial charge is 0.463 e. The van der Waals surface area contributed by atoms with Gasteiger partial charge in [-0.05, 0) is 32.1 Å². The number of ether oxygens (including phenoxy) is 2. The molecule has 0 bridgehead atoms. The molecule has 0 spiro atoms. The minimum atomic E-state index is -0.226. The average Bonchev–Trinajstić information content (AvgIpc) is 2.36. The number of carbonyl (C=O) groups excluding carboxylic acids is 1. The quantitative estimate of drug-likeness (QED) is 0.707. The molecule has 1 N–H and O–H groups in total. The first-order valence-electron chi connectivity index (χ1n) is 6.80. The number of quaternary nitrogens is 1. The Morgan fingerprint density at radius 2 is 2.06 bits per heavy atom. The molecular formula is C13H24NO3+. The molecule has 3 atom stereocenters. The molecule has 0 saturated carbocycles. The second kappa shape index (κ2) is 6.36. The first-order valence-corrected chi connectivity index (χ1v) is 6.80. The summed E-state index contributed by atoms with van der Waals surface area (Å²) >= 11 is 0. The van der Waals surface area contributed by atoms with Crippen LogP contribution in [0.4, 0.5) is 0 Å². The van der Waals surface area contributed by atoms with Gasteiger partial charge in [-0.2, -0.15) is 0 Å². The third-order valence-corrected chi connectivity index (χ3v) is 4.15. The number of fused-ring (bicyclic) bond motifs is 1. The summed E-state index contributed by atoms with van der Waals surface area (Å²) in [7, 11) is 1.52. The van der Waals surface area contributed by atoms with Crippen molar-refractivity contribution in [3.05, 3.63) is 0 Å². The molecule has 4 heteroatoms. The van der Waals surface area contributed by atoms with Crippen LogP contribution < -0.4 is 4.90 Å². The monoisotopic (exact) mass is 242 g/mol. The third-order valence-electron chi connectivity index (χ3n) is 4.15. The molecule has 0 aromatic carbocycles. The summed E-state index contributed by atoms with van der Waals surface area (Å²) in [5.74, 6) is 0.343. The predicted molar refractivity (Wildman–Crippen MR) is 63.9 cm³/mol. The fraction of sp³-hybridized carbons (Fsp3) is 0.923. The van der Waals surface area contributed by atoms with E-state index >= 15 is 0 Å². The van der Waals surface area contributed by atoms with Crippen LogP contribution in [0.2, 0.25) is 0 Å². The van der Waals surface area contributed by atoms with Gasteiger partial charge in [-0.3, -0.25) is 0 Å². The Bertz CT molecular complexity index is 255. The number of hydrogen-bond donors (Lipinski definition) is 1. The van der Waals surface area contributed by atoms with Crippen molar-refractivity contribution < 1.29 is 19.2 Å². The summed E-state index contributed by atoms with van der Waals surface area (Å²) in [5.41, 5.74) is 0. The summed E-state index contributed by atoms with van der Waals surface area (Å²) in [6.07, 6.45) is 6.51. The normalized spacial score (nSPS) is 32.9. The Labute approximate surface area is 103 Å². The molecule has 2 rings (SSSR count). The minimum absolute atomic E-state index is 0.0773. The topological polar surface area (TPSA) is 40.0 Å². The van der Waals surface area contributed by atoms with Gasteiger partial charge in [-0.1, -0.05) is 0 Å². The number of hydrogen-bond acceptors (Lipinski definition) is 3. The molecule has 17 heavy (non-hydrogen) atoms. The lowest BCUT2D eigenvalue weighted by molar-refractivity contribution is -0.940. The predicted octanol–water partition coefficient (Wildman–Crippen LogP) is 0.0234. The van der Waals surface area contributed by atoms with Crippen LogP contribution in [0.1, 0.15) is 32.1 Å². The molecule has 98 valence electrons. The molecule has 0 radical (unpaired) electrons. The van der Waals surface area contributed by atoms with Crippen molar-refractivity contribution in [2.75, 3.05) is 33.4 Å². The van der Waals surface area contributed by atoms with E-state index in [4.69, 9.17) is 9.47 Å². The lowest BCUT2D eigenvalue weighted by Gasteiger charge is -2.40. The Morgan fingerprint density at radius 3 is 2.88 bits per heavy atom. The van der Waals surface area contributed by atoms with Gasteiger partial charge in [-0.25, -0.2) is 4.79 Å². The lowest BCUT2D eigenvalue weighted by atomic mass is 9.84. The van der Waals surface area contributed by atoms with Gasteiger partial charge in [0, 0.05) is 13.0 Å². The molecule has 2 aliphatic rings. The zero-order chi connectivity index (χ0) is 12.1. The molecule has 0 aliphatic carbocycles. The summed E-state index contributed by atoms with van der Waals surface area (Å²) in [4.78, 5) is 13.0. The highest BCUT2D eigenvalue weighted by molar-refractivity contribution is 5.70. The second-order valence-electron chi connectivity index (χ2n) is 5.28. The smallest absolute Gasteiger partial charge is 0.332 e. The molecule has 0 amide bonds. The average molecular weight is 242 g/mol. The number of methoxy groups -OCH3 is 1. The van der Waals surface area contributed by atoms with Crippen molar-refractivity contribution in [2.45, 2.75) is 38.1 Å². The van der Waals surface area contributed by atoms with Crippen LogP contribution in [0.15, 0.2) is 0 Å². The van der Waals surface area contributed by atoms with Crippen molar-refractivity contribution >= 4 is 5.97 Å². The van der Waals surface area contributed by atoms with E-state index in [2.05, 4.69) is 0 Å². The van der Waals surface area contributed by atoms with Crippen LogP contribution in [0.3, 0.4) is 0 Å². The number of rotatable bonds is 4. The van der Waals surface area contributed by atoms with Gasteiger partial charge >= 0.3 is 5.97 Å². The fourth-order valence-corrected chi connectivity index (χ4v) is 3.34. The van der Waals surface area contributed by atoms with Crippen molar-refractivity contribution in [3.8, 4) is 0 Å². The first kappa shape index (κ1) is 12.8. The standard InChI is InChI=1S/C13H23NO3/c1-16-10-13(15)17-9-11-5-4-8-14-7-3-2-6-12(11)14/h11-12H,2-10H2,1H3/p+1/t11-,12+/m0/s1. The van der Waals surface area contributed by atoms with E-state index in [1.54, 1.807) is 4.90 Å². The maximum absolute atomic E-state index is 11.3. The van der Waals surface area contributed by atoms with Gasteiger partial charge in [0.05, 0.1) is 25.7 Å². The van der Waals surface area contributed by atoms with E-state index in [0.717, 1.165) is 6.04 Å². The first-order chi connectivity index (χ1) is 8.31. The van der Waals surface area contributed by atoms with Crippen LogP contribution in [-0.2, 0) is 14.3 Å². The van der Waals surface area contributed by atoms with Gasteiger partial charge in [0.25, 0.3) is 0 Å². The van der Waals surface area contributed by atoms with Crippen LogP contribution in [-0.4, -0.2) is 45.4 Å². The Balaban J connectivity index is 1.80. The van der Waals surface area contributed by atoms with E-state index in [0.29, 0.717) is 12.5 Å². The molecule has 0 aromatic rings. The van der Waals surface area contributed by atoms with Crippen LogP contribution >= 0.6 is 0 Å². The Kier molecular flexibility index (Phi) is 4.80. The van der Waals surface area contributed by atoms with E-state index in [1.807, 2.05) is 0 Å². The number of esters is 1. The molecule has 2 saturated heterocycles. The molecule has 2 heterocycles. The molecule has 0 aromatic heterocycles. The highest BCUT2D eigenvalue weighted by Gasteiger charge is 2.37. The lowest BCUT2D eigenvalue weighted by Crippen LogP contribution is -3.18. The summed E-state index contributed by atoms with van der Waals surface area (Å²) in [6.45, 7) is 3.30. The van der Waals surface area contributed by atoms with E-state index in [1.165, 1.54) is 52.3 Å². The number of piperidine rings is 2. The molecule has 2 fully saturated rings. The van der Waals surface area contributed by atoms with E-state index in [-0.39, 0.29) is 12.6 Å². The van der Waals surface area contributed by atoms with Crippen LogP contribution in [0, 0.1) is 5.92 Å². The van der Waals surface area contributed by atoms with Gasteiger partial charge in [0.2, 0.25) is 0 Å². The summed E-state index contributed by atoms with van der Waals surface area (Å²) < 4.78 is 10.1. The minimum Gasteiger partial charge on any atom is -0.463 e. The molecular weight excluding hydrogens is 218 g/mol. The zero-order valence-corrected chi connectivity index (χ0v) is 10.7. The van der Waals surface area contributed by atoms with Gasteiger partial charge in [0.15, 0.2) is 0 Å². The van der Waals surface area contributed by atoms with Crippen LogP contribution in [0.25, 0.3) is 0 Å². The second-order valence-corrected chi connectivity index (χ2v) is 5.28. The van der Waals surface area contributed by atoms with Crippen molar-refractivity contribution in [1.29, 1.82) is 0 Å². The third kappa shape index (κ3) is 3.42. The van der Waals surface area contributed by atoms with Crippen molar-refractivity contribution in [2.24, 2.45) is 5.92 Å². The van der Waals surface area contributed by atoms with E-state index in [9.17, 15) is 4.79 Å². The van der Waals surface area contributed by atoms with Crippen LogP contribution in [0.5, 0.6) is 0 Å². The van der Waals surface area contributed by atoms with Gasteiger partial charge < -0.3 is 14.4 Å². The summed E-state index contributed by atoms with van der Waals surface area (Å²) in [5, 5.41) is 0. The fourth-order valence-electron chi connectivity index (χ4n) is 3.34. The molecule has 2 aliphatic heterocycles. The van der Waals surface area contributed by atoms with Gasteiger partial charge in [0.1, 0.15) is 6.61 Å². The Hall–Kier alpha value is -0.610.